The van der Waals surface area contributed by atoms with Crippen LogP contribution < -0.4 is 10.1 Å². The Balaban J connectivity index is 2.77. The minimum atomic E-state index is -1.09. The summed E-state index contributed by atoms with van der Waals surface area (Å²) in [6.07, 6.45) is 7.20. The van der Waals surface area contributed by atoms with Crippen LogP contribution in [0.1, 0.15) is 46.0 Å². The standard InChI is InChI=1S/C18H25NO4/c1-3-5-7-10-14(18(21)22)17(20)19-15-11-8-9-12-16(15)23-13-6-4-2/h6,8-9,11-14H,3-5,7,10H2,1-2H3,(H,19,20)(H,21,22)/b13-6-. The van der Waals surface area contributed by atoms with Gasteiger partial charge in [-0.2, -0.15) is 0 Å². The number of nitrogens with one attached hydrogen (secondary N) is 1. The first-order valence-corrected chi connectivity index (χ1v) is 8.04. The Bertz CT molecular complexity index is 540. The average Bonchev–Trinajstić information content (AvgIpc) is 2.53. The largest absolute Gasteiger partial charge is 0.481 e. The SMILES string of the molecule is CC/C=C\Oc1ccccc1NC(=O)C(CCCCC)C(=O)O. The number of ether oxygens (including phenoxy) is 1. The lowest BCUT2D eigenvalue weighted by atomic mass is 10.0. The number of anilines is 1. The van der Waals surface area contributed by atoms with Crippen molar-refractivity contribution >= 4 is 17.6 Å². The van der Waals surface area contributed by atoms with Crippen molar-refractivity contribution in [3.63, 3.8) is 0 Å². The number of rotatable bonds is 10. The van der Waals surface area contributed by atoms with Crippen molar-refractivity contribution in [2.24, 2.45) is 5.92 Å². The summed E-state index contributed by atoms with van der Waals surface area (Å²) >= 11 is 0. The number of hydrogen-bond donors (Lipinski definition) is 2. The van der Waals surface area contributed by atoms with Gasteiger partial charge in [0.1, 0.15) is 11.7 Å². The van der Waals surface area contributed by atoms with Gasteiger partial charge in [0.2, 0.25) is 5.91 Å². The van der Waals surface area contributed by atoms with Crippen LogP contribution in [0.3, 0.4) is 0 Å². The van der Waals surface area contributed by atoms with Crippen LogP contribution in [0, 0.1) is 5.92 Å². The highest BCUT2D eigenvalue weighted by Crippen LogP contribution is 2.25. The summed E-state index contributed by atoms with van der Waals surface area (Å²) < 4.78 is 5.47. The third kappa shape index (κ3) is 6.55. The summed E-state index contributed by atoms with van der Waals surface area (Å²) in [4.78, 5) is 23.6. The fraction of sp³-hybridized carbons (Fsp3) is 0.444. The molecule has 0 aromatic heterocycles. The second-order valence-electron chi connectivity index (χ2n) is 5.27. The van der Waals surface area contributed by atoms with E-state index in [1.807, 2.05) is 19.9 Å². The van der Waals surface area contributed by atoms with E-state index in [9.17, 15) is 14.7 Å². The molecule has 1 unspecified atom stereocenters. The van der Waals surface area contributed by atoms with Gasteiger partial charge < -0.3 is 15.2 Å². The molecule has 0 radical (unpaired) electrons. The number of carboxylic acids is 1. The topological polar surface area (TPSA) is 75.6 Å². The van der Waals surface area contributed by atoms with Gasteiger partial charge >= 0.3 is 5.97 Å². The number of amides is 1. The quantitative estimate of drug-likeness (QED) is 0.385. The van der Waals surface area contributed by atoms with Crippen molar-refractivity contribution in [2.45, 2.75) is 46.0 Å². The number of unbranched alkanes of at least 4 members (excludes halogenated alkanes) is 2. The van der Waals surface area contributed by atoms with Crippen molar-refractivity contribution in [2.75, 3.05) is 5.32 Å². The molecular formula is C18H25NO4. The van der Waals surface area contributed by atoms with E-state index in [0.29, 0.717) is 17.9 Å². The van der Waals surface area contributed by atoms with Crippen LogP contribution in [-0.2, 0) is 9.59 Å². The van der Waals surface area contributed by atoms with Crippen LogP contribution in [0.2, 0.25) is 0 Å². The van der Waals surface area contributed by atoms with Gasteiger partial charge in [-0.1, -0.05) is 45.2 Å². The van der Waals surface area contributed by atoms with Gasteiger partial charge in [-0.25, -0.2) is 0 Å². The number of carboxylic acid groups (broad SMARTS) is 1. The Morgan fingerprint density at radius 3 is 2.65 bits per heavy atom. The number of carbonyl (C=O) groups excluding carboxylic acids is 1. The average molecular weight is 319 g/mol. The van der Waals surface area contributed by atoms with Crippen LogP contribution in [0.4, 0.5) is 5.69 Å². The molecule has 0 saturated heterocycles. The van der Waals surface area contributed by atoms with Crippen LogP contribution in [0.15, 0.2) is 36.6 Å². The van der Waals surface area contributed by atoms with E-state index in [1.54, 1.807) is 30.5 Å². The normalized spacial score (nSPS) is 12.1. The predicted molar refractivity (Wildman–Crippen MR) is 90.4 cm³/mol. The summed E-state index contributed by atoms with van der Waals surface area (Å²) in [5.74, 6) is -2.16. The van der Waals surface area contributed by atoms with Crippen molar-refractivity contribution in [3.8, 4) is 5.75 Å². The third-order valence-electron chi connectivity index (χ3n) is 3.38. The zero-order chi connectivity index (χ0) is 17.1. The first-order chi connectivity index (χ1) is 11.1. The molecule has 0 spiro atoms. The Labute approximate surface area is 137 Å². The molecule has 0 aliphatic carbocycles. The van der Waals surface area contributed by atoms with E-state index >= 15 is 0 Å². The van der Waals surface area contributed by atoms with Crippen LogP contribution in [-0.4, -0.2) is 17.0 Å². The van der Waals surface area contributed by atoms with Crippen molar-refractivity contribution in [3.05, 3.63) is 36.6 Å². The van der Waals surface area contributed by atoms with E-state index in [4.69, 9.17) is 4.74 Å². The van der Waals surface area contributed by atoms with E-state index in [1.165, 1.54) is 0 Å². The molecule has 1 amide bonds. The summed E-state index contributed by atoms with van der Waals surface area (Å²) in [5, 5.41) is 11.9. The van der Waals surface area contributed by atoms with Crippen LogP contribution in [0.5, 0.6) is 5.75 Å². The number of carbonyl (C=O) groups is 2. The monoisotopic (exact) mass is 319 g/mol. The highest BCUT2D eigenvalue weighted by Gasteiger charge is 2.26. The molecule has 0 aliphatic heterocycles. The van der Waals surface area contributed by atoms with Crippen molar-refractivity contribution in [1.82, 2.24) is 0 Å². The molecule has 5 nitrogen and oxygen atoms in total. The Hall–Kier alpha value is -2.30. The molecular weight excluding hydrogens is 294 g/mol. The lowest BCUT2D eigenvalue weighted by Gasteiger charge is -2.14. The van der Waals surface area contributed by atoms with Gasteiger partial charge in [-0.3, -0.25) is 9.59 Å². The zero-order valence-electron chi connectivity index (χ0n) is 13.7. The number of para-hydroxylation sites is 2. The minimum absolute atomic E-state index is 0.341. The van der Waals surface area contributed by atoms with Gasteiger partial charge in [-0.15, -0.1) is 0 Å². The van der Waals surface area contributed by atoms with Gasteiger partial charge in [0.05, 0.1) is 11.9 Å². The lowest BCUT2D eigenvalue weighted by Crippen LogP contribution is -2.29. The molecule has 1 rings (SSSR count). The summed E-state index contributed by atoms with van der Waals surface area (Å²) in [5.41, 5.74) is 0.472. The van der Waals surface area contributed by atoms with Gasteiger partial charge in [0.15, 0.2) is 0 Å². The molecule has 126 valence electrons. The molecule has 1 atom stereocenters. The lowest BCUT2D eigenvalue weighted by molar-refractivity contribution is -0.145. The second-order valence-corrected chi connectivity index (χ2v) is 5.27. The molecule has 2 N–H and O–H groups in total. The molecule has 0 heterocycles. The Morgan fingerprint density at radius 1 is 1.26 bits per heavy atom. The molecule has 5 heteroatoms. The van der Waals surface area contributed by atoms with E-state index in [0.717, 1.165) is 25.7 Å². The van der Waals surface area contributed by atoms with E-state index in [2.05, 4.69) is 5.32 Å². The van der Waals surface area contributed by atoms with Gasteiger partial charge in [0, 0.05) is 0 Å². The molecule has 1 aromatic rings. The van der Waals surface area contributed by atoms with Crippen molar-refractivity contribution in [1.29, 1.82) is 0 Å². The summed E-state index contributed by atoms with van der Waals surface area (Å²) in [6, 6.07) is 6.97. The fourth-order valence-electron chi connectivity index (χ4n) is 2.08. The fourth-order valence-corrected chi connectivity index (χ4v) is 2.08. The van der Waals surface area contributed by atoms with E-state index in [-0.39, 0.29) is 0 Å². The maximum atomic E-state index is 12.3. The number of benzene rings is 1. The first kappa shape index (κ1) is 18.7. The van der Waals surface area contributed by atoms with Crippen LogP contribution >= 0.6 is 0 Å². The van der Waals surface area contributed by atoms with Crippen molar-refractivity contribution < 1.29 is 19.4 Å². The maximum absolute atomic E-state index is 12.3. The third-order valence-corrected chi connectivity index (χ3v) is 3.38. The molecule has 0 aliphatic rings. The van der Waals surface area contributed by atoms with E-state index < -0.39 is 17.8 Å². The second kappa shape index (κ2) is 10.4. The molecule has 0 saturated carbocycles. The minimum Gasteiger partial charge on any atom is -0.481 e. The number of aliphatic carboxylic acids is 1. The smallest absolute Gasteiger partial charge is 0.316 e. The molecule has 0 bridgehead atoms. The zero-order valence-corrected chi connectivity index (χ0v) is 13.7. The van der Waals surface area contributed by atoms with Crippen LogP contribution in [0.25, 0.3) is 0 Å². The summed E-state index contributed by atoms with van der Waals surface area (Å²) in [7, 11) is 0. The highest BCUT2D eigenvalue weighted by atomic mass is 16.5. The molecule has 23 heavy (non-hydrogen) atoms. The number of hydrogen-bond acceptors (Lipinski definition) is 3. The Morgan fingerprint density at radius 2 is 2.00 bits per heavy atom. The Kier molecular flexibility index (Phi) is 8.50. The molecule has 0 fully saturated rings. The highest BCUT2D eigenvalue weighted by molar-refractivity contribution is 6.04. The predicted octanol–water partition coefficient (Wildman–Crippen LogP) is 4.21. The first-order valence-electron chi connectivity index (χ1n) is 8.04. The summed E-state index contributed by atoms with van der Waals surface area (Å²) in [6.45, 7) is 4.02. The number of allylic oxidation sites excluding steroid dienone is 1. The van der Waals surface area contributed by atoms with Gasteiger partial charge in [-0.05, 0) is 31.1 Å². The maximum Gasteiger partial charge on any atom is 0.316 e. The van der Waals surface area contributed by atoms with Gasteiger partial charge in [0.25, 0.3) is 0 Å². The molecule has 1 aromatic carbocycles.